The maximum atomic E-state index is 10.9. The van der Waals surface area contributed by atoms with E-state index in [1.165, 1.54) is 0 Å². The summed E-state index contributed by atoms with van der Waals surface area (Å²) in [6.45, 7) is 2.08. The highest BCUT2D eigenvalue weighted by Crippen LogP contribution is 2.46. The Hall–Kier alpha value is -0.0900. The van der Waals surface area contributed by atoms with Gasteiger partial charge in [-0.2, -0.15) is 8.42 Å². The number of hydrogen-bond acceptors (Lipinski definition) is 2. The lowest BCUT2D eigenvalue weighted by Crippen LogP contribution is -2.21. The highest BCUT2D eigenvalue weighted by atomic mass is 32.2. The summed E-state index contributed by atoms with van der Waals surface area (Å²) in [6, 6.07) is 0. The van der Waals surface area contributed by atoms with E-state index in [1.54, 1.807) is 0 Å². The molecule has 0 aromatic rings. The monoisotopic (exact) mass is 192 g/mol. The Labute approximate surface area is 73.9 Å². The minimum atomic E-state index is -3.77. The molecule has 0 aliphatic heterocycles. The van der Waals surface area contributed by atoms with Gasteiger partial charge in [0.15, 0.2) is 0 Å². The van der Waals surface area contributed by atoms with Crippen LogP contribution in [0.5, 0.6) is 0 Å². The van der Waals surface area contributed by atoms with Gasteiger partial charge < -0.3 is 0 Å². The van der Waals surface area contributed by atoms with Crippen molar-refractivity contribution >= 4 is 10.1 Å². The third kappa shape index (κ3) is 1.98. The molecule has 0 atom stereocenters. The van der Waals surface area contributed by atoms with Crippen molar-refractivity contribution in [3.8, 4) is 0 Å². The fourth-order valence-corrected chi connectivity index (χ4v) is 2.49. The van der Waals surface area contributed by atoms with E-state index < -0.39 is 14.9 Å². The second-order valence-corrected chi connectivity index (χ2v) is 5.43. The molecular formula is C8H16O3S. The summed E-state index contributed by atoms with van der Waals surface area (Å²) in [5, 5.41) is 0. The molecule has 1 N–H and O–H groups in total. The van der Waals surface area contributed by atoms with Crippen molar-refractivity contribution in [2.24, 2.45) is 0 Å². The summed E-state index contributed by atoms with van der Waals surface area (Å²) < 4.78 is 29.9. The van der Waals surface area contributed by atoms with Crippen molar-refractivity contribution in [1.29, 1.82) is 0 Å². The van der Waals surface area contributed by atoms with Crippen LogP contribution in [-0.4, -0.2) is 17.7 Å². The van der Waals surface area contributed by atoms with Crippen molar-refractivity contribution in [2.75, 3.05) is 0 Å². The normalized spacial score (nSPS) is 20.8. The van der Waals surface area contributed by atoms with Crippen LogP contribution in [0.3, 0.4) is 0 Å². The van der Waals surface area contributed by atoms with Gasteiger partial charge in [0.1, 0.15) is 0 Å². The molecule has 1 aliphatic rings. The quantitative estimate of drug-likeness (QED) is 0.535. The lowest BCUT2D eigenvalue weighted by atomic mass is 10.1. The standard InChI is InChI=1S/C8H16O3S/c1-2-3-4-5-8(6-7-8)12(9,10)11/h2-7H2,1H3,(H,9,10,11). The lowest BCUT2D eigenvalue weighted by molar-refractivity contribution is 0.453. The summed E-state index contributed by atoms with van der Waals surface area (Å²) in [4.78, 5) is 0. The fraction of sp³-hybridized carbons (Fsp3) is 1.00. The van der Waals surface area contributed by atoms with E-state index >= 15 is 0 Å². The Morgan fingerprint density at radius 3 is 2.25 bits per heavy atom. The van der Waals surface area contributed by atoms with E-state index in [0.29, 0.717) is 19.3 Å². The van der Waals surface area contributed by atoms with Crippen molar-refractivity contribution in [1.82, 2.24) is 0 Å². The zero-order valence-electron chi connectivity index (χ0n) is 7.41. The zero-order chi connectivity index (χ0) is 9.24. The summed E-state index contributed by atoms with van der Waals surface area (Å²) in [5.41, 5.74) is 0. The Morgan fingerprint density at radius 1 is 1.33 bits per heavy atom. The second-order valence-electron chi connectivity index (χ2n) is 3.62. The minimum absolute atomic E-state index is 0.639. The lowest BCUT2D eigenvalue weighted by Gasteiger charge is -2.09. The van der Waals surface area contributed by atoms with E-state index in [9.17, 15) is 8.42 Å². The summed E-state index contributed by atoms with van der Waals surface area (Å²) in [6.07, 6.45) is 4.99. The molecule has 1 fully saturated rings. The second kappa shape index (κ2) is 3.34. The Kier molecular flexibility index (Phi) is 2.78. The SMILES string of the molecule is CCCCCC1(S(=O)(=O)O)CC1. The van der Waals surface area contributed by atoms with Crippen molar-refractivity contribution in [3.63, 3.8) is 0 Å². The molecule has 0 saturated heterocycles. The molecule has 0 spiro atoms. The van der Waals surface area contributed by atoms with Crippen LogP contribution in [0.1, 0.15) is 45.4 Å². The molecule has 0 aromatic carbocycles. The first-order valence-electron chi connectivity index (χ1n) is 4.49. The van der Waals surface area contributed by atoms with E-state index in [-0.39, 0.29) is 0 Å². The van der Waals surface area contributed by atoms with Crippen LogP contribution in [0.15, 0.2) is 0 Å². The Bertz CT molecular complexity index is 239. The topological polar surface area (TPSA) is 54.4 Å². The number of unbranched alkanes of at least 4 members (excludes halogenated alkanes) is 2. The van der Waals surface area contributed by atoms with Gasteiger partial charge in [-0.1, -0.05) is 26.2 Å². The first-order valence-corrected chi connectivity index (χ1v) is 5.93. The number of hydrogen-bond donors (Lipinski definition) is 1. The van der Waals surface area contributed by atoms with Gasteiger partial charge in [-0.25, -0.2) is 0 Å². The average molecular weight is 192 g/mol. The van der Waals surface area contributed by atoms with Crippen molar-refractivity contribution in [2.45, 2.75) is 50.2 Å². The highest BCUT2D eigenvalue weighted by molar-refractivity contribution is 7.87. The van der Waals surface area contributed by atoms with Crippen LogP contribution in [0, 0.1) is 0 Å². The van der Waals surface area contributed by atoms with Gasteiger partial charge in [0, 0.05) is 0 Å². The molecule has 0 amide bonds. The first kappa shape index (κ1) is 9.99. The summed E-state index contributed by atoms with van der Waals surface area (Å²) >= 11 is 0. The van der Waals surface area contributed by atoms with Gasteiger partial charge in [0.25, 0.3) is 10.1 Å². The highest BCUT2D eigenvalue weighted by Gasteiger charge is 2.53. The summed E-state index contributed by atoms with van der Waals surface area (Å²) in [5.74, 6) is 0. The molecule has 0 aromatic heterocycles. The van der Waals surface area contributed by atoms with Crippen LogP contribution < -0.4 is 0 Å². The average Bonchev–Trinajstić information content (AvgIpc) is 2.67. The van der Waals surface area contributed by atoms with Crippen LogP contribution in [0.25, 0.3) is 0 Å². The predicted octanol–water partition coefficient (Wildman–Crippen LogP) is 1.99. The molecule has 4 heteroatoms. The molecule has 0 unspecified atom stereocenters. The first-order chi connectivity index (χ1) is 5.52. The van der Waals surface area contributed by atoms with Gasteiger partial charge >= 0.3 is 0 Å². The maximum absolute atomic E-state index is 10.9. The van der Waals surface area contributed by atoms with Crippen molar-refractivity contribution in [3.05, 3.63) is 0 Å². The number of rotatable bonds is 5. The Morgan fingerprint density at radius 2 is 1.92 bits per heavy atom. The molecule has 0 heterocycles. The van der Waals surface area contributed by atoms with Gasteiger partial charge in [-0.15, -0.1) is 0 Å². The van der Waals surface area contributed by atoms with Gasteiger partial charge in [0.2, 0.25) is 0 Å². The maximum Gasteiger partial charge on any atom is 0.270 e. The van der Waals surface area contributed by atoms with E-state index in [2.05, 4.69) is 6.92 Å². The van der Waals surface area contributed by atoms with Crippen molar-refractivity contribution < 1.29 is 13.0 Å². The fourth-order valence-electron chi connectivity index (χ4n) is 1.47. The predicted molar refractivity (Wildman–Crippen MR) is 47.7 cm³/mol. The zero-order valence-corrected chi connectivity index (χ0v) is 8.23. The van der Waals surface area contributed by atoms with E-state index in [0.717, 1.165) is 19.3 Å². The van der Waals surface area contributed by atoms with Gasteiger partial charge in [-0.05, 0) is 19.3 Å². The molecule has 12 heavy (non-hydrogen) atoms. The minimum Gasteiger partial charge on any atom is -0.285 e. The molecule has 1 rings (SSSR count). The molecule has 72 valence electrons. The molecule has 1 aliphatic carbocycles. The molecule has 0 radical (unpaired) electrons. The van der Waals surface area contributed by atoms with Gasteiger partial charge in [-0.3, -0.25) is 4.55 Å². The van der Waals surface area contributed by atoms with E-state index in [1.807, 2.05) is 0 Å². The summed E-state index contributed by atoms with van der Waals surface area (Å²) in [7, 11) is -3.77. The third-order valence-corrected chi connectivity index (χ3v) is 4.30. The third-order valence-electron chi connectivity index (χ3n) is 2.59. The molecular weight excluding hydrogens is 176 g/mol. The van der Waals surface area contributed by atoms with Crippen LogP contribution in [0.4, 0.5) is 0 Å². The van der Waals surface area contributed by atoms with E-state index in [4.69, 9.17) is 4.55 Å². The molecule has 0 bridgehead atoms. The van der Waals surface area contributed by atoms with Crippen LogP contribution in [-0.2, 0) is 10.1 Å². The van der Waals surface area contributed by atoms with Crippen LogP contribution in [0.2, 0.25) is 0 Å². The Balaban J connectivity index is 2.41. The van der Waals surface area contributed by atoms with Gasteiger partial charge in [0.05, 0.1) is 4.75 Å². The van der Waals surface area contributed by atoms with Crippen LogP contribution >= 0.6 is 0 Å². The molecule has 3 nitrogen and oxygen atoms in total. The molecule has 1 saturated carbocycles. The smallest absolute Gasteiger partial charge is 0.270 e. The largest absolute Gasteiger partial charge is 0.285 e.